The smallest absolute Gasteiger partial charge is 0.0948 e. The molecule has 0 aliphatic heterocycles. The van der Waals surface area contributed by atoms with Gasteiger partial charge in [0.1, 0.15) is 0 Å². The molecule has 0 spiro atoms. The summed E-state index contributed by atoms with van der Waals surface area (Å²) >= 11 is 1.77. The average Bonchev–Trinajstić information content (AvgIpc) is 2.96. The van der Waals surface area contributed by atoms with Crippen molar-refractivity contribution in [3.8, 4) is 11.3 Å². The van der Waals surface area contributed by atoms with Crippen molar-refractivity contribution in [2.45, 2.75) is 46.6 Å². The second-order valence-corrected chi connectivity index (χ2v) is 7.09. The molecule has 1 N–H and O–H groups in total. The van der Waals surface area contributed by atoms with Crippen molar-refractivity contribution in [1.29, 1.82) is 0 Å². The minimum atomic E-state index is 0.286. The molecule has 1 unspecified atom stereocenters. The number of nitrogens with zero attached hydrogens (tertiary/aromatic N) is 1. The Morgan fingerprint density at radius 3 is 2.52 bits per heavy atom. The summed E-state index contributed by atoms with van der Waals surface area (Å²) in [5.41, 5.74) is 2.59. The molecule has 1 aromatic carbocycles. The van der Waals surface area contributed by atoms with Crippen molar-refractivity contribution in [1.82, 2.24) is 10.3 Å². The lowest BCUT2D eigenvalue weighted by molar-refractivity contribution is 0.232. The van der Waals surface area contributed by atoms with Crippen LogP contribution in [0.1, 0.15) is 39.1 Å². The fourth-order valence-corrected chi connectivity index (χ4v) is 3.29. The second-order valence-electron chi connectivity index (χ2n) is 6.15. The first-order valence-electron chi connectivity index (χ1n) is 7.80. The summed E-state index contributed by atoms with van der Waals surface area (Å²) in [6.45, 7) is 10.1. The number of benzene rings is 1. The number of hydrogen-bond acceptors (Lipinski definition) is 3. The molecule has 1 aromatic heterocycles. The van der Waals surface area contributed by atoms with Crippen molar-refractivity contribution in [2.75, 3.05) is 6.54 Å². The number of nitrogens with one attached hydrogen (secondary N) is 1. The summed E-state index contributed by atoms with van der Waals surface area (Å²) < 4.78 is 0. The Balaban J connectivity index is 2.14. The van der Waals surface area contributed by atoms with Gasteiger partial charge in [0, 0.05) is 23.4 Å². The zero-order valence-corrected chi connectivity index (χ0v) is 14.3. The van der Waals surface area contributed by atoms with E-state index in [0.29, 0.717) is 6.04 Å². The molecular weight excluding hydrogens is 276 g/mol. The van der Waals surface area contributed by atoms with Crippen molar-refractivity contribution >= 4 is 11.3 Å². The van der Waals surface area contributed by atoms with Gasteiger partial charge in [0.25, 0.3) is 0 Å². The Hall–Kier alpha value is -1.19. The topological polar surface area (TPSA) is 24.9 Å². The minimum absolute atomic E-state index is 0.286. The molecular formula is C18H26N2S. The highest BCUT2D eigenvalue weighted by Gasteiger charge is 2.28. The Labute approximate surface area is 132 Å². The first kappa shape index (κ1) is 16.2. The molecule has 0 amide bonds. The van der Waals surface area contributed by atoms with Gasteiger partial charge >= 0.3 is 0 Å². The van der Waals surface area contributed by atoms with Gasteiger partial charge < -0.3 is 5.32 Å². The van der Waals surface area contributed by atoms with Crippen LogP contribution in [0, 0.1) is 5.41 Å². The van der Waals surface area contributed by atoms with Crippen LogP contribution in [0.5, 0.6) is 0 Å². The van der Waals surface area contributed by atoms with Gasteiger partial charge in [-0.25, -0.2) is 4.98 Å². The molecule has 0 aliphatic rings. The summed E-state index contributed by atoms with van der Waals surface area (Å²) in [6, 6.07) is 10.9. The number of likely N-dealkylation sites (N-methyl/N-ethyl adjacent to an activating group) is 1. The molecule has 21 heavy (non-hydrogen) atoms. The van der Waals surface area contributed by atoms with E-state index in [1.165, 1.54) is 17.0 Å². The van der Waals surface area contributed by atoms with E-state index in [4.69, 9.17) is 4.98 Å². The molecule has 0 bridgehead atoms. The third-order valence-electron chi connectivity index (χ3n) is 4.31. The van der Waals surface area contributed by atoms with Crippen LogP contribution >= 0.6 is 11.3 Å². The van der Waals surface area contributed by atoms with Crippen LogP contribution in [-0.4, -0.2) is 17.6 Å². The Morgan fingerprint density at radius 2 is 1.90 bits per heavy atom. The van der Waals surface area contributed by atoms with Crippen molar-refractivity contribution < 1.29 is 0 Å². The SMILES string of the molecule is CCNC(Cc1nc(-c2ccccc2)cs1)C(C)(C)CC. The van der Waals surface area contributed by atoms with E-state index in [-0.39, 0.29) is 5.41 Å². The first-order chi connectivity index (χ1) is 10.1. The monoisotopic (exact) mass is 302 g/mol. The molecule has 2 rings (SSSR count). The largest absolute Gasteiger partial charge is 0.313 e. The summed E-state index contributed by atoms with van der Waals surface area (Å²) in [4.78, 5) is 4.83. The molecule has 0 saturated heterocycles. The zero-order valence-electron chi connectivity index (χ0n) is 13.5. The van der Waals surface area contributed by atoms with Crippen LogP contribution in [0.3, 0.4) is 0 Å². The third-order valence-corrected chi connectivity index (χ3v) is 5.18. The molecule has 0 radical (unpaired) electrons. The molecule has 2 aromatic rings. The van der Waals surface area contributed by atoms with E-state index in [9.17, 15) is 0 Å². The number of thiazole rings is 1. The van der Waals surface area contributed by atoms with E-state index in [1.54, 1.807) is 11.3 Å². The molecule has 0 saturated carbocycles. The maximum Gasteiger partial charge on any atom is 0.0948 e. The van der Waals surface area contributed by atoms with E-state index in [0.717, 1.165) is 18.7 Å². The molecule has 3 heteroatoms. The molecule has 1 atom stereocenters. The Bertz CT molecular complexity index is 545. The fraction of sp³-hybridized carbons (Fsp3) is 0.500. The van der Waals surface area contributed by atoms with Gasteiger partial charge in [-0.3, -0.25) is 0 Å². The highest BCUT2D eigenvalue weighted by molar-refractivity contribution is 7.09. The summed E-state index contributed by atoms with van der Waals surface area (Å²) in [6.07, 6.45) is 2.17. The second kappa shape index (κ2) is 7.19. The van der Waals surface area contributed by atoms with E-state index >= 15 is 0 Å². The van der Waals surface area contributed by atoms with Crippen LogP contribution in [0.25, 0.3) is 11.3 Å². The van der Waals surface area contributed by atoms with Gasteiger partial charge in [-0.2, -0.15) is 0 Å². The van der Waals surface area contributed by atoms with Crippen LogP contribution in [0.2, 0.25) is 0 Å². The normalized spacial score (nSPS) is 13.3. The summed E-state index contributed by atoms with van der Waals surface area (Å²) in [5, 5.41) is 7.03. The lowest BCUT2D eigenvalue weighted by Gasteiger charge is -2.33. The standard InChI is InChI=1S/C18H26N2S/c1-5-18(3,4)16(19-6-2)12-17-20-15(13-21-17)14-10-8-7-9-11-14/h7-11,13,16,19H,5-6,12H2,1-4H3. The predicted octanol–water partition coefficient (Wildman–Crippen LogP) is 4.77. The maximum atomic E-state index is 4.83. The lowest BCUT2D eigenvalue weighted by Crippen LogP contribution is -2.43. The van der Waals surface area contributed by atoms with E-state index in [2.05, 4.69) is 62.7 Å². The van der Waals surface area contributed by atoms with Crippen molar-refractivity contribution in [3.63, 3.8) is 0 Å². The minimum Gasteiger partial charge on any atom is -0.313 e. The van der Waals surface area contributed by atoms with E-state index in [1.807, 2.05) is 6.07 Å². The molecule has 1 heterocycles. The predicted molar refractivity (Wildman–Crippen MR) is 92.8 cm³/mol. The van der Waals surface area contributed by atoms with Gasteiger partial charge in [-0.15, -0.1) is 11.3 Å². The lowest BCUT2D eigenvalue weighted by atomic mass is 9.80. The maximum absolute atomic E-state index is 4.83. The summed E-state index contributed by atoms with van der Waals surface area (Å²) in [5.74, 6) is 0. The Morgan fingerprint density at radius 1 is 1.19 bits per heavy atom. The number of hydrogen-bond donors (Lipinski definition) is 1. The number of aromatic nitrogens is 1. The molecule has 114 valence electrons. The quantitative estimate of drug-likeness (QED) is 0.797. The van der Waals surface area contributed by atoms with E-state index < -0.39 is 0 Å². The summed E-state index contributed by atoms with van der Waals surface area (Å²) in [7, 11) is 0. The van der Waals surface area contributed by atoms with Gasteiger partial charge in [0.05, 0.1) is 10.7 Å². The van der Waals surface area contributed by atoms with Gasteiger partial charge in [0.2, 0.25) is 0 Å². The highest BCUT2D eigenvalue weighted by atomic mass is 32.1. The average molecular weight is 302 g/mol. The molecule has 0 aliphatic carbocycles. The van der Waals surface area contributed by atoms with Crippen molar-refractivity contribution in [2.24, 2.45) is 5.41 Å². The number of rotatable bonds is 7. The van der Waals surface area contributed by atoms with Gasteiger partial charge in [-0.05, 0) is 18.4 Å². The zero-order chi connectivity index (χ0) is 15.3. The van der Waals surface area contributed by atoms with Gasteiger partial charge in [-0.1, -0.05) is 58.0 Å². The highest BCUT2D eigenvalue weighted by Crippen LogP contribution is 2.29. The van der Waals surface area contributed by atoms with Crippen LogP contribution in [0.15, 0.2) is 35.7 Å². The first-order valence-corrected chi connectivity index (χ1v) is 8.68. The van der Waals surface area contributed by atoms with Crippen LogP contribution in [0.4, 0.5) is 0 Å². The Kier molecular flexibility index (Phi) is 5.54. The van der Waals surface area contributed by atoms with Crippen LogP contribution in [-0.2, 0) is 6.42 Å². The van der Waals surface area contributed by atoms with Gasteiger partial charge in [0.15, 0.2) is 0 Å². The molecule has 2 nitrogen and oxygen atoms in total. The third kappa shape index (κ3) is 4.14. The fourth-order valence-electron chi connectivity index (χ4n) is 2.44. The van der Waals surface area contributed by atoms with Crippen LogP contribution < -0.4 is 5.32 Å². The van der Waals surface area contributed by atoms with Crippen molar-refractivity contribution in [3.05, 3.63) is 40.7 Å². The molecule has 0 fully saturated rings.